The van der Waals surface area contributed by atoms with Crippen molar-refractivity contribution in [1.82, 2.24) is 4.68 Å². The predicted molar refractivity (Wildman–Crippen MR) is 84.3 cm³/mol. The maximum absolute atomic E-state index is 12.4. The molecule has 0 unspecified atom stereocenters. The second-order valence-corrected chi connectivity index (χ2v) is 5.76. The minimum atomic E-state index is 0. The predicted octanol–water partition coefficient (Wildman–Crippen LogP) is 2.92. The Bertz CT molecular complexity index is 626. The van der Waals surface area contributed by atoms with Gasteiger partial charge in [0.25, 0.3) is 0 Å². The van der Waals surface area contributed by atoms with Crippen LogP contribution in [0.3, 0.4) is 0 Å². The summed E-state index contributed by atoms with van der Waals surface area (Å²) in [6.07, 6.45) is 3.59. The van der Waals surface area contributed by atoms with Crippen LogP contribution in [0.4, 0.5) is 0 Å². The fraction of sp³-hybridized carbons (Fsp3) is 0.444. The molecule has 4 heteroatoms. The molecule has 0 saturated heterocycles. The summed E-state index contributed by atoms with van der Waals surface area (Å²) in [6, 6.07) is 8.27. The Kier molecular flexibility index (Phi) is 7.64. The molecule has 0 N–H and O–H groups in total. The largest absolute Gasteiger partial charge is 0.292 e. The molecular weight excluding hydrogens is 349 g/mol. The van der Waals surface area contributed by atoms with Crippen LogP contribution in [0.2, 0.25) is 0 Å². The molecule has 1 heterocycles. The van der Waals surface area contributed by atoms with Crippen molar-refractivity contribution < 1.29 is 42.2 Å². The zero-order valence-corrected chi connectivity index (χ0v) is 16.9. The summed E-state index contributed by atoms with van der Waals surface area (Å²) in [5.74, 6) is 0.257. The number of Topliss-reactive ketones (excluding diaryl/α,β-unsaturated/α-hetero) is 1. The Labute approximate surface area is 158 Å². The number of carbonyl (C=O) groups excluding carboxylic acids is 1. The molecule has 0 amide bonds. The smallest absolute Gasteiger partial charge is 0.230 e. The fourth-order valence-electron chi connectivity index (χ4n) is 2.78. The molecule has 0 aliphatic carbocycles. The maximum Gasteiger partial charge on any atom is 0.230 e. The Hall–Kier alpha value is -0.796. The number of ketones is 1. The summed E-state index contributed by atoms with van der Waals surface area (Å²) in [6.45, 7) is 9.79. The molecule has 0 saturated carbocycles. The zero-order valence-electron chi connectivity index (χ0n) is 14.1. The van der Waals surface area contributed by atoms with Gasteiger partial charge in [-0.2, -0.15) is 4.68 Å². The van der Waals surface area contributed by atoms with Crippen molar-refractivity contribution in [1.29, 1.82) is 0 Å². The van der Waals surface area contributed by atoms with Crippen LogP contribution in [0.25, 0.3) is 0 Å². The summed E-state index contributed by atoms with van der Waals surface area (Å²) in [5.41, 5.74) is 4.78. The van der Waals surface area contributed by atoms with E-state index in [1.165, 1.54) is 22.4 Å². The number of hydrogen-bond donors (Lipinski definition) is 0. The second-order valence-electron chi connectivity index (χ2n) is 5.76. The van der Waals surface area contributed by atoms with E-state index in [0.29, 0.717) is 13.0 Å². The Morgan fingerprint density at radius 3 is 2.36 bits per heavy atom. The van der Waals surface area contributed by atoms with Gasteiger partial charge in [0.2, 0.25) is 12.3 Å². The van der Waals surface area contributed by atoms with E-state index >= 15 is 0 Å². The van der Waals surface area contributed by atoms with Gasteiger partial charge in [-0.3, -0.25) is 4.79 Å². The number of carbonyl (C=O) groups is 1. The molecule has 1 aromatic heterocycles. The van der Waals surface area contributed by atoms with Crippen molar-refractivity contribution in [3.8, 4) is 0 Å². The first kappa shape index (κ1) is 19.3. The summed E-state index contributed by atoms with van der Waals surface area (Å²) < 4.78 is 4.22. The molecule has 2 aromatic rings. The number of aromatic nitrogens is 2. The molecule has 1 aromatic carbocycles. The van der Waals surface area contributed by atoms with E-state index in [9.17, 15) is 4.79 Å². The number of nitrogens with zero attached hydrogens (tertiary/aromatic N) is 2. The summed E-state index contributed by atoms with van der Waals surface area (Å²) >= 11 is 0. The van der Waals surface area contributed by atoms with Gasteiger partial charge in [0, 0.05) is 45.2 Å². The monoisotopic (exact) mass is 374 g/mol. The zero-order chi connectivity index (χ0) is 15.4. The summed E-state index contributed by atoms with van der Waals surface area (Å²) in [7, 11) is 0. The average Bonchev–Trinajstić information content (AvgIpc) is 2.76. The molecule has 0 atom stereocenters. The molecule has 2 rings (SSSR count). The third-order valence-corrected chi connectivity index (χ3v) is 4.00. The molecular formula is C18H25N2OY+. The number of hydrogen-bond acceptors (Lipinski definition) is 1. The summed E-state index contributed by atoms with van der Waals surface area (Å²) in [4.78, 5) is 12.4. The van der Waals surface area contributed by atoms with Crippen LogP contribution in [-0.2, 0) is 57.0 Å². The van der Waals surface area contributed by atoms with E-state index in [1.54, 1.807) is 0 Å². The minimum absolute atomic E-state index is 0. The molecule has 0 aliphatic heterocycles. The molecule has 1 radical (unpaired) electrons. The van der Waals surface area contributed by atoms with E-state index < -0.39 is 0 Å². The van der Waals surface area contributed by atoms with Crippen LogP contribution in [-0.4, -0.2) is 10.5 Å². The number of rotatable bonds is 6. The average molecular weight is 374 g/mol. The van der Waals surface area contributed by atoms with E-state index in [2.05, 4.69) is 50.6 Å². The quantitative estimate of drug-likeness (QED) is 0.714. The van der Waals surface area contributed by atoms with Crippen LogP contribution in [0.15, 0.2) is 30.5 Å². The first-order valence-corrected chi connectivity index (χ1v) is 7.65. The first-order chi connectivity index (χ1) is 10.0. The summed E-state index contributed by atoms with van der Waals surface area (Å²) in [5, 5.41) is 0. The van der Waals surface area contributed by atoms with Crippen molar-refractivity contribution in [2.75, 3.05) is 0 Å². The van der Waals surface area contributed by atoms with E-state index in [-0.39, 0.29) is 38.5 Å². The first-order valence-electron chi connectivity index (χ1n) is 7.65. The topological polar surface area (TPSA) is 25.9 Å². The van der Waals surface area contributed by atoms with Gasteiger partial charge in [0.15, 0.2) is 6.20 Å². The molecule has 115 valence electrons. The normalized spacial score (nSPS) is 10.4. The van der Waals surface area contributed by atoms with E-state index in [0.717, 1.165) is 13.0 Å². The van der Waals surface area contributed by atoms with Crippen LogP contribution in [0.1, 0.15) is 35.7 Å². The molecule has 0 bridgehead atoms. The molecule has 22 heavy (non-hydrogen) atoms. The Morgan fingerprint density at radius 1 is 1.14 bits per heavy atom. The van der Waals surface area contributed by atoms with E-state index in [1.807, 2.05) is 16.9 Å². The number of benzene rings is 1. The van der Waals surface area contributed by atoms with Gasteiger partial charge in [-0.25, -0.2) is 0 Å². The van der Waals surface area contributed by atoms with Crippen LogP contribution < -0.4 is 4.68 Å². The fourth-order valence-corrected chi connectivity index (χ4v) is 2.78. The molecule has 0 spiro atoms. The van der Waals surface area contributed by atoms with Gasteiger partial charge < -0.3 is 0 Å². The van der Waals surface area contributed by atoms with Gasteiger partial charge in [-0.1, -0.05) is 25.1 Å². The third-order valence-electron chi connectivity index (χ3n) is 4.00. The maximum atomic E-state index is 12.4. The van der Waals surface area contributed by atoms with Gasteiger partial charge >= 0.3 is 0 Å². The molecule has 0 aliphatic rings. The number of aryl methyl sites for hydroxylation is 3. The van der Waals surface area contributed by atoms with Gasteiger partial charge in [0.1, 0.15) is 0 Å². The second kappa shape index (κ2) is 8.74. The van der Waals surface area contributed by atoms with Gasteiger partial charge in [-0.15, -0.1) is 4.68 Å². The van der Waals surface area contributed by atoms with Crippen molar-refractivity contribution in [3.05, 3.63) is 52.8 Å². The van der Waals surface area contributed by atoms with Crippen LogP contribution in [0.5, 0.6) is 0 Å². The van der Waals surface area contributed by atoms with Crippen molar-refractivity contribution in [2.24, 2.45) is 0 Å². The van der Waals surface area contributed by atoms with Gasteiger partial charge in [0.05, 0.1) is 12.2 Å². The van der Waals surface area contributed by atoms with Crippen molar-refractivity contribution in [2.45, 2.75) is 53.6 Å². The van der Waals surface area contributed by atoms with Crippen LogP contribution >= 0.6 is 0 Å². The van der Waals surface area contributed by atoms with Crippen LogP contribution in [0, 0.1) is 20.8 Å². The van der Waals surface area contributed by atoms with Crippen molar-refractivity contribution in [3.63, 3.8) is 0 Å². The SMILES string of the molecule is CCCn1c(C)cc[n+]1CC(=O)Cc1c(C)cccc1C.[Y]. The van der Waals surface area contributed by atoms with E-state index in [4.69, 9.17) is 0 Å². The van der Waals surface area contributed by atoms with Gasteiger partial charge in [-0.05, 0) is 43.9 Å². The molecule has 0 fully saturated rings. The Morgan fingerprint density at radius 2 is 1.77 bits per heavy atom. The standard InChI is InChI=1S/C18H25N2O.Y/c1-5-10-20-16(4)9-11-19(20)13-17(21)12-18-14(2)7-6-8-15(18)3;/h6-9,11H,5,10,12-13H2,1-4H3;/q+1;. The third kappa shape index (κ3) is 4.60. The Balaban J connectivity index is 0.00000242. The minimum Gasteiger partial charge on any atom is -0.292 e. The molecule has 3 nitrogen and oxygen atoms in total. The van der Waals surface area contributed by atoms with Crippen molar-refractivity contribution >= 4 is 5.78 Å².